The summed E-state index contributed by atoms with van der Waals surface area (Å²) in [5, 5.41) is 3.61. The number of carbonyl (C=O) groups excluding carboxylic acids is 2. The highest BCUT2D eigenvalue weighted by atomic mass is 35.5. The molecule has 0 unspecified atom stereocenters. The highest BCUT2D eigenvalue weighted by molar-refractivity contribution is 6.31. The van der Waals surface area contributed by atoms with Gasteiger partial charge >= 0.3 is 0 Å². The average molecular weight is 521 g/mol. The van der Waals surface area contributed by atoms with Gasteiger partial charge in [0.15, 0.2) is 11.5 Å². The van der Waals surface area contributed by atoms with E-state index in [9.17, 15) is 9.59 Å². The van der Waals surface area contributed by atoms with Crippen molar-refractivity contribution < 1.29 is 19.1 Å². The van der Waals surface area contributed by atoms with Crippen molar-refractivity contribution in [2.75, 3.05) is 13.3 Å². The van der Waals surface area contributed by atoms with Crippen LogP contribution in [-0.4, -0.2) is 36.1 Å². The molecule has 6 nitrogen and oxygen atoms in total. The Morgan fingerprint density at radius 1 is 0.946 bits per heavy atom. The van der Waals surface area contributed by atoms with Gasteiger partial charge in [-0.05, 0) is 47.2 Å². The van der Waals surface area contributed by atoms with Crippen molar-refractivity contribution in [2.24, 2.45) is 5.92 Å². The number of amides is 2. The molecule has 1 N–H and O–H groups in total. The molecule has 0 aromatic heterocycles. The van der Waals surface area contributed by atoms with E-state index in [1.807, 2.05) is 80.6 Å². The van der Waals surface area contributed by atoms with Crippen LogP contribution in [0, 0.1) is 5.92 Å². The van der Waals surface area contributed by atoms with Crippen LogP contribution < -0.4 is 14.8 Å². The maximum Gasteiger partial charge on any atom is 0.243 e. The Balaban J connectivity index is 1.60. The highest BCUT2D eigenvalue weighted by Gasteiger charge is 2.30. The smallest absolute Gasteiger partial charge is 0.243 e. The van der Waals surface area contributed by atoms with Gasteiger partial charge in [0.1, 0.15) is 6.04 Å². The Morgan fingerprint density at radius 3 is 2.43 bits per heavy atom. The van der Waals surface area contributed by atoms with Crippen LogP contribution in [0.15, 0.2) is 72.8 Å². The Bertz CT molecular complexity index is 1220. The Morgan fingerprint density at radius 2 is 1.68 bits per heavy atom. The van der Waals surface area contributed by atoms with Crippen LogP contribution in [-0.2, 0) is 29.0 Å². The average Bonchev–Trinajstić information content (AvgIpc) is 3.37. The number of rotatable bonds is 11. The van der Waals surface area contributed by atoms with Crippen LogP contribution >= 0.6 is 11.6 Å². The molecule has 1 aliphatic heterocycles. The molecule has 37 heavy (non-hydrogen) atoms. The molecule has 2 amide bonds. The first-order valence-corrected chi connectivity index (χ1v) is 13.0. The summed E-state index contributed by atoms with van der Waals surface area (Å²) < 4.78 is 10.9. The molecule has 1 atom stereocenters. The number of fused-ring (bicyclic) bond motifs is 1. The SMILES string of the molecule is CC(C)CNC(=O)[C@@H](Cc1ccccc1)N(Cc1ccccc1Cl)C(=O)CCc1ccc2c(c1)OCO2. The molecule has 7 heteroatoms. The maximum absolute atomic E-state index is 13.8. The third kappa shape index (κ3) is 7.26. The summed E-state index contributed by atoms with van der Waals surface area (Å²) in [5.74, 6) is 1.41. The van der Waals surface area contributed by atoms with Gasteiger partial charge in [-0.2, -0.15) is 0 Å². The fourth-order valence-electron chi connectivity index (χ4n) is 4.28. The third-order valence-electron chi connectivity index (χ3n) is 6.32. The van der Waals surface area contributed by atoms with E-state index in [0.717, 1.165) is 16.7 Å². The standard InChI is InChI=1S/C30H33ClN2O4/c1-21(2)18-32-30(35)26(16-22-8-4-3-5-9-22)33(19-24-10-6-7-11-25(24)31)29(34)15-13-23-12-14-27-28(17-23)37-20-36-27/h3-12,14,17,21,26H,13,15-16,18-20H2,1-2H3,(H,32,35)/t26-/m1/s1. The monoisotopic (exact) mass is 520 g/mol. The Hall–Kier alpha value is -3.51. The van der Waals surface area contributed by atoms with E-state index in [0.29, 0.717) is 41.8 Å². The number of aryl methyl sites for hydroxylation is 1. The van der Waals surface area contributed by atoms with Crippen LogP contribution in [0.3, 0.4) is 0 Å². The van der Waals surface area contributed by atoms with E-state index in [2.05, 4.69) is 5.32 Å². The first-order chi connectivity index (χ1) is 17.9. The summed E-state index contributed by atoms with van der Waals surface area (Å²) >= 11 is 6.48. The molecule has 4 rings (SSSR count). The lowest BCUT2D eigenvalue weighted by Crippen LogP contribution is -2.51. The number of ether oxygens (including phenoxy) is 2. The molecule has 0 radical (unpaired) electrons. The zero-order valence-electron chi connectivity index (χ0n) is 21.3. The van der Waals surface area contributed by atoms with Crippen LogP contribution in [0.2, 0.25) is 5.02 Å². The molecule has 1 heterocycles. The summed E-state index contributed by atoms with van der Waals surface area (Å²) in [7, 11) is 0. The second-order valence-electron chi connectivity index (χ2n) is 9.65. The molecule has 194 valence electrons. The first-order valence-electron chi connectivity index (χ1n) is 12.6. The van der Waals surface area contributed by atoms with Crippen molar-refractivity contribution in [1.82, 2.24) is 10.2 Å². The van der Waals surface area contributed by atoms with Crippen LogP contribution in [0.5, 0.6) is 11.5 Å². The molecule has 0 aliphatic carbocycles. The van der Waals surface area contributed by atoms with E-state index < -0.39 is 6.04 Å². The molecule has 0 spiro atoms. The van der Waals surface area contributed by atoms with E-state index in [-0.39, 0.29) is 31.6 Å². The maximum atomic E-state index is 13.8. The van der Waals surface area contributed by atoms with Crippen molar-refractivity contribution in [1.29, 1.82) is 0 Å². The minimum absolute atomic E-state index is 0.113. The summed E-state index contributed by atoms with van der Waals surface area (Å²) in [6.45, 7) is 5.08. The second-order valence-corrected chi connectivity index (χ2v) is 10.1. The van der Waals surface area contributed by atoms with Crippen LogP contribution in [0.1, 0.15) is 37.0 Å². The lowest BCUT2D eigenvalue weighted by molar-refractivity contribution is -0.141. The molecule has 1 aliphatic rings. The minimum Gasteiger partial charge on any atom is -0.454 e. The van der Waals surface area contributed by atoms with Gasteiger partial charge in [-0.1, -0.05) is 80.0 Å². The largest absolute Gasteiger partial charge is 0.454 e. The number of benzene rings is 3. The fraction of sp³-hybridized carbons (Fsp3) is 0.333. The van der Waals surface area contributed by atoms with Gasteiger partial charge < -0.3 is 19.7 Å². The van der Waals surface area contributed by atoms with Crippen LogP contribution in [0.4, 0.5) is 0 Å². The topological polar surface area (TPSA) is 67.9 Å². The number of nitrogens with zero attached hydrogens (tertiary/aromatic N) is 1. The van der Waals surface area contributed by atoms with E-state index in [1.165, 1.54) is 0 Å². The Labute approximate surface area is 223 Å². The summed E-state index contributed by atoms with van der Waals surface area (Å²) in [6, 6.07) is 22.3. The lowest BCUT2D eigenvalue weighted by Gasteiger charge is -2.32. The molecule has 3 aromatic rings. The summed E-state index contributed by atoms with van der Waals surface area (Å²) in [4.78, 5) is 29.0. The number of nitrogens with one attached hydrogen (secondary N) is 1. The molecule has 0 fully saturated rings. The summed E-state index contributed by atoms with van der Waals surface area (Å²) in [5.41, 5.74) is 2.76. The number of hydrogen-bond acceptors (Lipinski definition) is 4. The Kier molecular flexibility index (Phi) is 9.07. The van der Waals surface area contributed by atoms with Crippen molar-refractivity contribution in [3.8, 4) is 11.5 Å². The second kappa shape index (κ2) is 12.6. The highest BCUT2D eigenvalue weighted by Crippen LogP contribution is 2.33. The van der Waals surface area contributed by atoms with Crippen molar-refractivity contribution >= 4 is 23.4 Å². The quantitative estimate of drug-likeness (QED) is 0.367. The van der Waals surface area contributed by atoms with Crippen molar-refractivity contribution in [3.63, 3.8) is 0 Å². The van der Waals surface area contributed by atoms with Crippen molar-refractivity contribution in [2.45, 2.75) is 45.7 Å². The molecule has 0 saturated heterocycles. The first kappa shape index (κ1) is 26.6. The number of halogens is 1. The minimum atomic E-state index is -0.679. The number of hydrogen-bond donors (Lipinski definition) is 1. The summed E-state index contributed by atoms with van der Waals surface area (Å²) in [6.07, 6.45) is 1.16. The van der Waals surface area contributed by atoms with Gasteiger partial charge in [0.25, 0.3) is 0 Å². The number of carbonyl (C=O) groups is 2. The van der Waals surface area contributed by atoms with Gasteiger partial charge in [0.05, 0.1) is 0 Å². The molecule has 0 saturated carbocycles. The fourth-order valence-corrected chi connectivity index (χ4v) is 4.47. The van der Waals surface area contributed by atoms with E-state index >= 15 is 0 Å². The van der Waals surface area contributed by atoms with Gasteiger partial charge in [-0.3, -0.25) is 9.59 Å². The molecule has 3 aromatic carbocycles. The van der Waals surface area contributed by atoms with Crippen LogP contribution in [0.25, 0.3) is 0 Å². The normalized spacial score (nSPS) is 12.9. The van der Waals surface area contributed by atoms with E-state index in [4.69, 9.17) is 21.1 Å². The zero-order valence-corrected chi connectivity index (χ0v) is 22.0. The van der Waals surface area contributed by atoms with Gasteiger partial charge in [0, 0.05) is 31.0 Å². The third-order valence-corrected chi connectivity index (χ3v) is 6.69. The van der Waals surface area contributed by atoms with Gasteiger partial charge in [0.2, 0.25) is 18.6 Å². The predicted octanol–water partition coefficient (Wildman–Crippen LogP) is 5.41. The molecular weight excluding hydrogens is 488 g/mol. The van der Waals surface area contributed by atoms with Crippen molar-refractivity contribution in [3.05, 3.63) is 94.5 Å². The van der Waals surface area contributed by atoms with Gasteiger partial charge in [-0.15, -0.1) is 0 Å². The molecular formula is C30H33ClN2O4. The van der Waals surface area contributed by atoms with Gasteiger partial charge in [-0.25, -0.2) is 0 Å². The zero-order chi connectivity index (χ0) is 26.2. The lowest BCUT2D eigenvalue weighted by atomic mass is 10.0. The van der Waals surface area contributed by atoms with E-state index in [1.54, 1.807) is 11.0 Å². The predicted molar refractivity (Wildman–Crippen MR) is 145 cm³/mol. The molecule has 0 bridgehead atoms.